The molecule has 2 aromatic carbocycles. The molecule has 0 saturated carbocycles. The maximum atomic E-state index is 12.8. The van der Waals surface area contributed by atoms with E-state index in [4.69, 9.17) is 4.74 Å². The van der Waals surface area contributed by atoms with Gasteiger partial charge in [0.1, 0.15) is 5.75 Å². The number of amides is 1. The van der Waals surface area contributed by atoms with E-state index in [1.807, 2.05) is 26.8 Å². The Kier molecular flexibility index (Phi) is 6.49. The molecule has 2 N–H and O–H groups in total. The minimum Gasteiger partial charge on any atom is -0.495 e. The predicted octanol–water partition coefficient (Wildman–Crippen LogP) is 3.50. The van der Waals surface area contributed by atoms with Crippen LogP contribution in [0.2, 0.25) is 0 Å². The third kappa shape index (κ3) is 5.23. The fourth-order valence-electron chi connectivity index (χ4n) is 2.51. The van der Waals surface area contributed by atoms with Crippen LogP contribution in [0.5, 0.6) is 5.75 Å². The highest BCUT2D eigenvalue weighted by atomic mass is 32.2. The molecule has 0 aliphatic rings. The van der Waals surface area contributed by atoms with E-state index < -0.39 is 10.0 Å². The van der Waals surface area contributed by atoms with Gasteiger partial charge in [0.15, 0.2) is 0 Å². The van der Waals surface area contributed by atoms with Crippen LogP contribution in [0, 0.1) is 19.8 Å². The molecular weight excluding hydrogens is 364 g/mol. The molecule has 27 heavy (non-hydrogen) atoms. The molecule has 0 atom stereocenters. The smallest absolute Gasteiger partial charge is 0.262 e. The zero-order chi connectivity index (χ0) is 20.2. The second-order valence-electron chi connectivity index (χ2n) is 6.89. The Bertz CT molecular complexity index is 937. The summed E-state index contributed by atoms with van der Waals surface area (Å²) < 4.78 is 33.4. The number of carbonyl (C=O) groups excluding carboxylic acids is 1. The first kappa shape index (κ1) is 20.8. The Morgan fingerprint density at radius 1 is 1.11 bits per heavy atom. The summed E-state index contributed by atoms with van der Waals surface area (Å²) in [4.78, 5) is 12.4. The van der Waals surface area contributed by atoms with Gasteiger partial charge in [0.2, 0.25) is 0 Å². The summed E-state index contributed by atoms with van der Waals surface area (Å²) in [7, 11) is -2.40. The molecule has 0 aliphatic heterocycles. The molecule has 0 unspecified atom stereocenters. The highest BCUT2D eigenvalue weighted by Crippen LogP contribution is 2.28. The first-order valence-corrected chi connectivity index (χ1v) is 10.2. The number of hydrogen-bond acceptors (Lipinski definition) is 4. The highest BCUT2D eigenvalue weighted by Gasteiger charge is 2.20. The lowest BCUT2D eigenvalue weighted by molar-refractivity contribution is 0.0948. The van der Waals surface area contributed by atoms with Gasteiger partial charge in [-0.3, -0.25) is 9.52 Å². The van der Waals surface area contributed by atoms with Gasteiger partial charge in [-0.15, -0.1) is 0 Å². The van der Waals surface area contributed by atoms with Gasteiger partial charge in [0, 0.05) is 12.1 Å². The third-order valence-corrected chi connectivity index (χ3v) is 5.40. The van der Waals surface area contributed by atoms with Crippen LogP contribution in [0.25, 0.3) is 0 Å². The second-order valence-corrected chi connectivity index (χ2v) is 8.57. The Labute approximate surface area is 161 Å². The molecule has 0 saturated heterocycles. The van der Waals surface area contributed by atoms with Crippen molar-refractivity contribution in [3.05, 3.63) is 53.1 Å². The topological polar surface area (TPSA) is 84.5 Å². The first-order chi connectivity index (χ1) is 12.6. The molecule has 0 fully saturated rings. The standard InChI is InChI=1S/C20H26N2O4S/c1-13(2)12-21-20(23)17-11-16(8-7-15(17)4)27(24,25)22-18-10-14(3)6-9-19(18)26-5/h6-11,13,22H,12H2,1-5H3,(H,21,23). The van der Waals surface area contributed by atoms with E-state index in [0.717, 1.165) is 5.56 Å². The van der Waals surface area contributed by atoms with Crippen molar-refractivity contribution in [2.75, 3.05) is 18.4 Å². The van der Waals surface area contributed by atoms with Gasteiger partial charge >= 0.3 is 0 Å². The molecule has 146 valence electrons. The summed E-state index contributed by atoms with van der Waals surface area (Å²) >= 11 is 0. The van der Waals surface area contributed by atoms with Gasteiger partial charge in [-0.25, -0.2) is 8.42 Å². The van der Waals surface area contributed by atoms with Crippen LogP contribution < -0.4 is 14.8 Å². The zero-order valence-corrected chi connectivity index (χ0v) is 17.1. The number of nitrogens with one attached hydrogen (secondary N) is 2. The predicted molar refractivity (Wildman–Crippen MR) is 107 cm³/mol. The Morgan fingerprint density at radius 2 is 1.81 bits per heavy atom. The third-order valence-electron chi connectivity index (χ3n) is 4.03. The fourth-order valence-corrected chi connectivity index (χ4v) is 3.60. The quantitative estimate of drug-likeness (QED) is 0.758. The Morgan fingerprint density at radius 3 is 2.44 bits per heavy atom. The summed E-state index contributed by atoms with van der Waals surface area (Å²) in [6, 6.07) is 9.74. The number of carbonyl (C=O) groups is 1. The summed E-state index contributed by atoms with van der Waals surface area (Å²) in [5, 5.41) is 2.82. The molecule has 0 aliphatic carbocycles. The molecule has 0 radical (unpaired) electrons. The van der Waals surface area contributed by atoms with Crippen molar-refractivity contribution >= 4 is 21.6 Å². The van der Waals surface area contributed by atoms with Crippen LogP contribution in [-0.4, -0.2) is 28.0 Å². The van der Waals surface area contributed by atoms with Crippen molar-refractivity contribution in [2.45, 2.75) is 32.6 Å². The first-order valence-electron chi connectivity index (χ1n) is 8.70. The Balaban J connectivity index is 2.35. The minimum absolute atomic E-state index is 0.0198. The lowest BCUT2D eigenvalue weighted by atomic mass is 10.1. The van der Waals surface area contributed by atoms with Crippen molar-refractivity contribution in [1.29, 1.82) is 0 Å². The number of aryl methyl sites for hydroxylation is 2. The molecule has 0 heterocycles. The number of ether oxygens (including phenoxy) is 1. The van der Waals surface area contributed by atoms with E-state index in [1.165, 1.54) is 19.2 Å². The minimum atomic E-state index is -3.88. The van der Waals surface area contributed by atoms with Gasteiger partial charge in [0.05, 0.1) is 17.7 Å². The number of rotatable bonds is 7. The maximum absolute atomic E-state index is 12.8. The number of hydrogen-bond donors (Lipinski definition) is 2. The molecule has 2 aromatic rings. The number of benzene rings is 2. The van der Waals surface area contributed by atoms with Crippen molar-refractivity contribution < 1.29 is 17.9 Å². The largest absolute Gasteiger partial charge is 0.495 e. The molecule has 0 spiro atoms. The Hall–Kier alpha value is -2.54. The number of sulfonamides is 1. The SMILES string of the molecule is COc1ccc(C)cc1NS(=O)(=O)c1ccc(C)c(C(=O)NCC(C)C)c1. The normalized spacial score (nSPS) is 11.3. The molecule has 2 rings (SSSR count). The summed E-state index contributed by atoms with van der Waals surface area (Å²) in [5.74, 6) is 0.439. The molecule has 7 heteroatoms. The number of methoxy groups -OCH3 is 1. The van der Waals surface area contributed by atoms with E-state index in [1.54, 1.807) is 25.1 Å². The van der Waals surface area contributed by atoms with Crippen LogP contribution in [0.15, 0.2) is 41.3 Å². The van der Waals surface area contributed by atoms with Gasteiger partial charge in [0.25, 0.3) is 15.9 Å². The monoisotopic (exact) mass is 390 g/mol. The van der Waals surface area contributed by atoms with Crippen LogP contribution in [0.4, 0.5) is 5.69 Å². The molecule has 0 bridgehead atoms. The van der Waals surface area contributed by atoms with Crippen LogP contribution in [-0.2, 0) is 10.0 Å². The summed E-state index contributed by atoms with van der Waals surface area (Å²) in [5.41, 5.74) is 2.30. The zero-order valence-electron chi connectivity index (χ0n) is 16.3. The average molecular weight is 391 g/mol. The van der Waals surface area contributed by atoms with Crippen LogP contribution in [0.1, 0.15) is 35.3 Å². The van der Waals surface area contributed by atoms with Crippen LogP contribution >= 0.6 is 0 Å². The van der Waals surface area contributed by atoms with Gasteiger partial charge < -0.3 is 10.1 Å². The lowest BCUT2D eigenvalue weighted by Crippen LogP contribution is -2.28. The van der Waals surface area contributed by atoms with E-state index in [9.17, 15) is 13.2 Å². The van der Waals surface area contributed by atoms with E-state index in [0.29, 0.717) is 35.0 Å². The molecule has 1 amide bonds. The van der Waals surface area contributed by atoms with Crippen LogP contribution in [0.3, 0.4) is 0 Å². The van der Waals surface area contributed by atoms with E-state index in [2.05, 4.69) is 10.0 Å². The molecule has 6 nitrogen and oxygen atoms in total. The van der Waals surface area contributed by atoms with E-state index in [-0.39, 0.29) is 10.8 Å². The highest BCUT2D eigenvalue weighted by molar-refractivity contribution is 7.92. The van der Waals surface area contributed by atoms with Crippen molar-refractivity contribution in [3.63, 3.8) is 0 Å². The average Bonchev–Trinajstić information content (AvgIpc) is 2.59. The fraction of sp³-hybridized carbons (Fsp3) is 0.350. The van der Waals surface area contributed by atoms with Crippen molar-refractivity contribution in [2.24, 2.45) is 5.92 Å². The van der Waals surface area contributed by atoms with Crippen molar-refractivity contribution in [3.8, 4) is 5.75 Å². The van der Waals surface area contributed by atoms with Gasteiger partial charge in [-0.05, 0) is 55.2 Å². The second kappa shape index (κ2) is 8.43. The van der Waals surface area contributed by atoms with E-state index >= 15 is 0 Å². The summed E-state index contributed by atoms with van der Waals surface area (Å²) in [6.07, 6.45) is 0. The van der Waals surface area contributed by atoms with Gasteiger partial charge in [-0.2, -0.15) is 0 Å². The van der Waals surface area contributed by atoms with Crippen molar-refractivity contribution in [1.82, 2.24) is 5.32 Å². The summed E-state index contributed by atoms with van der Waals surface area (Å²) in [6.45, 7) is 8.15. The lowest BCUT2D eigenvalue weighted by Gasteiger charge is -2.14. The molecular formula is C20H26N2O4S. The van der Waals surface area contributed by atoms with Gasteiger partial charge in [-0.1, -0.05) is 26.0 Å². The number of anilines is 1. The molecule has 0 aromatic heterocycles. The maximum Gasteiger partial charge on any atom is 0.262 e.